The Morgan fingerprint density at radius 1 is 1.04 bits per heavy atom. The van der Waals surface area contributed by atoms with Crippen LogP contribution in [-0.2, 0) is 0 Å². The average Bonchev–Trinajstić information content (AvgIpc) is 2.64. The van der Waals surface area contributed by atoms with Gasteiger partial charge in [0, 0.05) is 16.4 Å². The van der Waals surface area contributed by atoms with Gasteiger partial charge in [-0.05, 0) is 56.2 Å². The van der Waals surface area contributed by atoms with Crippen LogP contribution in [-0.4, -0.2) is 15.9 Å². The number of carbonyl (C=O) groups is 1. The number of halogens is 1. The van der Waals surface area contributed by atoms with E-state index in [-0.39, 0.29) is 11.9 Å². The number of nitrogens with zero attached hydrogens (tertiary/aromatic N) is 2. The summed E-state index contributed by atoms with van der Waals surface area (Å²) in [5.74, 6) is 0.130. The molecule has 6 heteroatoms. The Kier molecular flexibility index (Phi) is 5.72. The van der Waals surface area contributed by atoms with Crippen LogP contribution in [0.3, 0.4) is 0 Å². The van der Waals surface area contributed by atoms with Crippen LogP contribution in [0.5, 0.6) is 0 Å². The lowest BCUT2D eigenvalue weighted by Crippen LogP contribution is -2.17. The highest BCUT2D eigenvalue weighted by Crippen LogP contribution is 2.21. The second-order valence-electron chi connectivity index (χ2n) is 6.41. The van der Waals surface area contributed by atoms with Crippen LogP contribution in [0.25, 0.3) is 0 Å². The summed E-state index contributed by atoms with van der Waals surface area (Å²) in [5, 5.41) is 6.76. The topological polar surface area (TPSA) is 66.9 Å². The summed E-state index contributed by atoms with van der Waals surface area (Å²) in [5.41, 5.74) is 3.72. The van der Waals surface area contributed by atoms with Crippen LogP contribution < -0.4 is 10.6 Å². The molecule has 0 spiro atoms. The first-order chi connectivity index (χ1) is 12.9. The SMILES string of the molecule is Cc1cc(C(=O)Nc2ccc(Cl)cc2C)nc(NC(C)c2ccccc2)n1. The summed E-state index contributed by atoms with van der Waals surface area (Å²) >= 11 is 5.97. The molecule has 0 saturated heterocycles. The molecule has 0 fully saturated rings. The molecular weight excluding hydrogens is 360 g/mol. The zero-order chi connectivity index (χ0) is 19.4. The number of carbonyl (C=O) groups excluding carboxylic acids is 1. The van der Waals surface area contributed by atoms with Crippen molar-refractivity contribution in [1.29, 1.82) is 0 Å². The van der Waals surface area contributed by atoms with E-state index >= 15 is 0 Å². The van der Waals surface area contributed by atoms with E-state index in [4.69, 9.17) is 11.6 Å². The Bertz CT molecular complexity index is 960. The molecule has 1 atom stereocenters. The Hall–Kier alpha value is -2.92. The molecule has 138 valence electrons. The summed E-state index contributed by atoms with van der Waals surface area (Å²) in [6, 6.07) is 17.0. The second-order valence-corrected chi connectivity index (χ2v) is 6.84. The zero-order valence-electron chi connectivity index (χ0n) is 15.5. The van der Waals surface area contributed by atoms with E-state index in [1.54, 1.807) is 24.3 Å². The number of rotatable bonds is 5. The highest BCUT2D eigenvalue weighted by molar-refractivity contribution is 6.30. The Morgan fingerprint density at radius 2 is 1.78 bits per heavy atom. The van der Waals surface area contributed by atoms with Crippen LogP contribution in [0.4, 0.5) is 11.6 Å². The van der Waals surface area contributed by atoms with Gasteiger partial charge in [-0.25, -0.2) is 9.97 Å². The van der Waals surface area contributed by atoms with Crippen molar-refractivity contribution in [2.75, 3.05) is 10.6 Å². The number of nitrogens with one attached hydrogen (secondary N) is 2. The van der Waals surface area contributed by atoms with Gasteiger partial charge in [0.05, 0.1) is 6.04 Å². The van der Waals surface area contributed by atoms with Gasteiger partial charge in [-0.2, -0.15) is 0 Å². The van der Waals surface area contributed by atoms with Crippen LogP contribution in [0.1, 0.15) is 40.3 Å². The molecule has 2 aromatic carbocycles. The maximum atomic E-state index is 12.6. The molecule has 0 aliphatic carbocycles. The fourth-order valence-electron chi connectivity index (χ4n) is 2.72. The molecule has 1 amide bonds. The van der Waals surface area contributed by atoms with E-state index in [9.17, 15) is 4.79 Å². The van der Waals surface area contributed by atoms with Gasteiger partial charge in [0.1, 0.15) is 5.69 Å². The van der Waals surface area contributed by atoms with Gasteiger partial charge in [-0.1, -0.05) is 41.9 Å². The largest absolute Gasteiger partial charge is 0.348 e. The number of amides is 1. The van der Waals surface area contributed by atoms with Crippen LogP contribution in [0.15, 0.2) is 54.6 Å². The molecule has 27 heavy (non-hydrogen) atoms. The van der Waals surface area contributed by atoms with Crippen molar-refractivity contribution in [1.82, 2.24) is 9.97 Å². The Labute approximate surface area is 163 Å². The molecule has 0 aliphatic rings. The molecule has 0 radical (unpaired) electrons. The molecule has 1 heterocycles. The van der Waals surface area contributed by atoms with Crippen molar-refractivity contribution in [2.45, 2.75) is 26.8 Å². The fraction of sp³-hybridized carbons (Fsp3) is 0.190. The third kappa shape index (κ3) is 4.83. The van der Waals surface area contributed by atoms with Gasteiger partial charge in [-0.15, -0.1) is 0 Å². The van der Waals surface area contributed by atoms with Crippen molar-refractivity contribution in [3.63, 3.8) is 0 Å². The summed E-state index contributed by atoms with van der Waals surface area (Å²) in [7, 11) is 0. The molecule has 5 nitrogen and oxygen atoms in total. The minimum absolute atomic E-state index is 0.0161. The van der Waals surface area contributed by atoms with Gasteiger partial charge in [-0.3, -0.25) is 4.79 Å². The molecule has 1 aromatic heterocycles. The first-order valence-electron chi connectivity index (χ1n) is 8.67. The quantitative estimate of drug-likeness (QED) is 0.640. The third-order valence-electron chi connectivity index (χ3n) is 4.17. The predicted octanol–water partition coefficient (Wildman–Crippen LogP) is 5.17. The lowest BCUT2D eigenvalue weighted by molar-refractivity contribution is 0.102. The van der Waals surface area contributed by atoms with Crippen LogP contribution >= 0.6 is 11.6 Å². The number of benzene rings is 2. The van der Waals surface area contributed by atoms with Gasteiger partial charge in [0.2, 0.25) is 5.95 Å². The summed E-state index contributed by atoms with van der Waals surface area (Å²) in [4.78, 5) is 21.4. The van der Waals surface area contributed by atoms with Crippen molar-refractivity contribution < 1.29 is 4.79 Å². The van der Waals surface area contributed by atoms with Gasteiger partial charge < -0.3 is 10.6 Å². The van der Waals surface area contributed by atoms with Crippen molar-refractivity contribution in [3.05, 3.63) is 82.1 Å². The zero-order valence-corrected chi connectivity index (χ0v) is 16.2. The Balaban J connectivity index is 1.79. The lowest BCUT2D eigenvalue weighted by Gasteiger charge is -2.15. The maximum absolute atomic E-state index is 12.6. The second kappa shape index (κ2) is 8.18. The van der Waals surface area contributed by atoms with Gasteiger partial charge >= 0.3 is 0 Å². The minimum Gasteiger partial charge on any atom is -0.348 e. The fourth-order valence-corrected chi connectivity index (χ4v) is 2.95. The minimum atomic E-state index is -0.290. The molecule has 2 N–H and O–H groups in total. The molecule has 1 unspecified atom stereocenters. The third-order valence-corrected chi connectivity index (χ3v) is 4.40. The molecule has 3 aromatic rings. The summed E-state index contributed by atoms with van der Waals surface area (Å²) < 4.78 is 0. The van der Waals surface area contributed by atoms with Crippen molar-refractivity contribution in [2.24, 2.45) is 0 Å². The van der Waals surface area contributed by atoms with Crippen molar-refractivity contribution in [3.8, 4) is 0 Å². The van der Waals surface area contributed by atoms with Crippen molar-refractivity contribution >= 4 is 29.1 Å². The molecule has 0 aliphatic heterocycles. The lowest BCUT2D eigenvalue weighted by atomic mass is 10.1. The van der Waals surface area contributed by atoms with E-state index in [2.05, 4.69) is 20.6 Å². The molecule has 0 bridgehead atoms. The smallest absolute Gasteiger partial charge is 0.274 e. The first kappa shape index (κ1) is 18.9. The Morgan fingerprint density at radius 3 is 2.48 bits per heavy atom. The summed E-state index contributed by atoms with van der Waals surface area (Å²) in [6.45, 7) is 5.75. The highest BCUT2D eigenvalue weighted by atomic mass is 35.5. The predicted molar refractivity (Wildman–Crippen MR) is 109 cm³/mol. The number of hydrogen-bond acceptors (Lipinski definition) is 4. The van der Waals surface area contributed by atoms with E-state index in [1.165, 1.54) is 0 Å². The maximum Gasteiger partial charge on any atom is 0.274 e. The van der Waals surface area contributed by atoms with Crippen LogP contribution in [0.2, 0.25) is 5.02 Å². The molecule has 3 rings (SSSR count). The summed E-state index contributed by atoms with van der Waals surface area (Å²) in [6.07, 6.45) is 0. The number of aryl methyl sites for hydroxylation is 2. The molecule has 0 saturated carbocycles. The van der Waals surface area contributed by atoms with E-state index in [0.29, 0.717) is 28.0 Å². The average molecular weight is 381 g/mol. The number of anilines is 2. The number of hydrogen-bond donors (Lipinski definition) is 2. The normalized spacial score (nSPS) is 11.7. The monoisotopic (exact) mass is 380 g/mol. The van der Waals surface area contributed by atoms with E-state index < -0.39 is 0 Å². The highest BCUT2D eigenvalue weighted by Gasteiger charge is 2.14. The standard InChI is InChI=1S/C21H21ClN4O/c1-13-11-17(22)9-10-18(13)25-20(27)19-12-14(2)23-21(26-19)24-15(3)16-7-5-4-6-8-16/h4-12,15H,1-3H3,(H,25,27)(H,23,24,26). The van der Waals surface area contributed by atoms with Gasteiger partial charge in [0.25, 0.3) is 5.91 Å². The van der Waals surface area contributed by atoms with E-state index in [0.717, 1.165) is 11.1 Å². The first-order valence-corrected chi connectivity index (χ1v) is 9.05. The van der Waals surface area contributed by atoms with Crippen LogP contribution in [0, 0.1) is 13.8 Å². The van der Waals surface area contributed by atoms with Gasteiger partial charge in [0.15, 0.2) is 0 Å². The molecular formula is C21H21ClN4O. The van der Waals surface area contributed by atoms with E-state index in [1.807, 2.05) is 51.1 Å². The number of aromatic nitrogens is 2.